The lowest BCUT2D eigenvalue weighted by atomic mass is 10.2. The molecule has 0 aliphatic carbocycles. The van der Waals surface area contributed by atoms with E-state index in [1.165, 1.54) is 4.79 Å². The van der Waals surface area contributed by atoms with Crippen molar-refractivity contribution in [1.82, 2.24) is 9.89 Å². The molecule has 0 radical (unpaired) electrons. The van der Waals surface area contributed by atoms with Crippen LogP contribution in [0, 0.1) is 18.3 Å². The predicted octanol–water partition coefficient (Wildman–Crippen LogP) is 1.52. The first kappa shape index (κ1) is 10.1. The van der Waals surface area contributed by atoms with Crippen molar-refractivity contribution in [2.75, 3.05) is 11.2 Å². The van der Waals surface area contributed by atoms with Crippen LogP contribution < -0.4 is 11.2 Å². The van der Waals surface area contributed by atoms with Crippen molar-refractivity contribution in [2.45, 2.75) is 6.92 Å². The van der Waals surface area contributed by atoms with Crippen molar-refractivity contribution >= 4 is 11.5 Å². The van der Waals surface area contributed by atoms with E-state index < -0.39 is 0 Å². The van der Waals surface area contributed by atoms with Crippen LogP contribution in [0.25, 0.3) is 0 Å². The molecule has 1 aromatic carbocycles. The molecule has 2 aromatic rings. The molecule has 0 saturated carbocycles. The molecule has 3 N–H and O–H groups in total. The molecule has 5 heteroatoms. The summed E-state index contributed by atoms with van der Waals surface area (Å²) in [5.41, 5.74) is 11.0. The van der Waals surface area contributed by atoms with Gasteiger partial charge in [0.15, 0.2) is 5.82 Å². The fourth-order valence-electron chi connectivity index (χ4n) is 1.38. The molecule has 80 valence electrons. The van der Waals surface area contributed by atoms with E-state index in [1.807, 2.05) is 37.3 Å². The molecular formula is C11H11N5. The third-order valence-electron chi connectivity index (χ3n) is 2.12. The zero-order chi connectivity index (χ0) is 11.5. The lowest BCUT2D eigenvalue weighted by molar-refractivity contribution is 0.808. The van der Waals surface area contributed by atoms with Gasteiger partial charge in [-0.25, -0.2) is 0 Å². The van der Waals surface area contributed by atoms with Crippen molar-refractivity contribution < 1.29 is 0 Å². The average Bonchev–Trinajstić information content (AvgIpc) is 2.58. The SMILES string of the molecule is Cc1cccc(Nn2cc(C#N)c(N)n2)c1. The standard InChI is InChI=1S/C11H11N5/c1-8-3-2-4-10(5-8)14-16-7-9(6-12)11(13)15-16/h2-5,7,14H,1H3,(H2,13,15). The topological polar surface area (TPSA) is 79.7 Å². The van der Waals surface area contributed by atoms with Gasteiger partial charge in [-0.2, -0.15) is 10.1 Å². The minimum absolute atomic E-state index is 0.225. The Hall–Kier alpha value is -2.48. The molecule has 0 amide bonds. The molecule has 2 rings (SSSR count). The summed E-state index contributed by atoms with van der Waals surface area (Å²) in [5.74, 6) is 0.225. The fraction of sp³-hybridized carbons (Fsp3) is 0.0909. The third-order valence-corrected chi connectivity index (χ3v) is 2.12. The molecule has 0 spiro atoms. The predicted molar refractivity (Wildman–Crippen MR) is 61.6 cm³/mol. The number of aromatic nitrogens is 2. The van der Waals surface area contributed by atoms with Crippen molar-refractivity contribution in [2.24, 2.45) is 0 Å². The summed E-state index contributed by atoms with van der Waals surface area (Å²) in [5, 5.41) is 12.7. The number of benzene rings is 1. The van der Waals surface area contributed by atoms with Gasteiger partial charge in [0.2, 0.25) is 0 Å². The number of nitrogens with two attached hydrogens (primary N) is 1. The highest BCUT2D eigenvalue weighted by Crippen LogP contribution is 2.11. The highest BCUT2D eigenvalue weighted by molar-refractivity contribution is 5.49. The Morgan fingerprint density at radius 2 is 2.31 bits per heavy atom. The second kappa shape index (κ2) is 3.95. The Morgan fingerprint density at radius 1 is 1.50 bits per heavy atom. The zero-order valence-corrected chi connectivity index (χ0v) is 8.81. The highest BCUT2D eigenvalue weighted by Gasteiger charge is 2.04. The van der Waals surface area contributed by atoms with Crippen LogP contribution in [0.5, 0.6) is 0 Å². The van der Waals surface area contributed by atoms with Gasteiger partial charge in [-0.3, -0.25) is 5.43 Å². The van der Waals surface area contributed by atoms with Crippen LogP contribution in [0.15, 0.2) is 30.5 Å². The molecule has 1 aromatic heterocycles. The third kappa shape index (κ3) is 1.96. The van der Waals surface area contributed by atoms with Gasteiger partial charge in [0.1, 0.15) is 11.6 Å². The van der Waals surface area contributed by atoms with E-state index in [-0.39, 0.29) is 5.82 Å². The summed E-state index contributed by atoms with van der Waals surface area (Å²) >= 11 is 0. The molecule has 0 saturated heterocycles. The number of nitrogen functional groups attached to an aromatic ring is 1. The van der Waals surface area contributed by atoms with Crippen LogP contribution in [0.2, 0.25) is 0 Å². The van der Waals surface area contributed by atoms with Crippen LogP contribution >= 0.6 is 0 Å². The number of nitrogens with zero attached hydrogens (tertiary/aromatic N) is 3. The molecule has 16 heavy (non-hydrogen) atoms. The Labute approximate surface area is 93.1 Å². The van der Waals surface area contributed by atoms with Gasteiger partial charge in [0.05, 0.1) is 11.9 Å². The van der Waals surface area contributed by atoms with Crippen LogP contribution in [0.4, 0.5) is 11.5 Å². The van der Waals surface area contributed by atoms with E-state index in [2.05, 4.69) is 10.5 Å². The molecule has 0 aliphatic heterocycles. The summed E-state index contributed by atoms with van der Waals surface area (Å²) in [6.07, 6.45) is 1.55. The molecule has 0 fully saturated rings. The summed E-state index contributed by atoms with van der Waals surface area (Å²) < 4.78 is 0. The van der Waals surface area contributed by atoms with Gasteiger partial charge in [-0.1, -0.05) is 12.1 Å². The lowest BCUT2D eigenvalue weighted by Crippen LogP contribution is -2.09. The monoisotopic (exact) mass is 213 g/mol. The molecule has 1 heterocycles. The molecule has 0 aliphatic rings. The van der Waals surface area contributed by atoms with Gasteiger partial charge < -0.3 is 5.73 Å². The van der Waals surface area contributed by atoms with E-state index in [0.29, 0.717) is 5.56 Å². The Morgan fingerprint density at radius 3 is 2.94 bits per heavy atom. The molecular weight excluding hydrogens is 202 g/mol. The number of hydrogen-bond acceptors (Lipinski definition) is 4. The molecule has 5 nitrogen and oxygen atoms in total. The largest absolute Gasteiger partial charge is 0.381 e. The van der Waals surface area contributed by atoms with E-state index >= 15 is 0 Å². The maximum absolute atomic E-state index is 8.73. The first-order valence-electron chi connectivity index (χ1n) is 4.78. The number of rotatable bonds is 2. The van der Waals surface area contributed by atoms with Crippen LogP contribution in [-0.2, 0) is 0 Å². The van der Waals surface area contributed by atoms with E-state index in [9.17, 15) is 0 Å². The molecule has 0 bridgehead atoms. The van der Waals surface area contributed by atoms with Crippen LogP contribution in [-0.4, -0.2) is 9.89 Å². The van der Waals surface area contributed by atoms with E-state index in [0.717, 1.165) is 11.3 Å². The van der Waals surface area contributed by atoms with Gasteiger partial charge in [-0.05, 0) is 24.6 Å². The maximum atomic E-state index is 8.73. The van der Waals surface area contributed by atoms with Crippen molar-refractivity contribution in [3.8, 4) is 6.07 Å². The Balaban J connectivity index is 2.24. The second-order valence-corrected chi connectivity index (χ2v) is 3.47. The Bertz CT molecular complexity index is 550. The number of nitriles is 1. The highest BCUT2D eigenvalue weighted by atomic mass is 15.6. The average molecular weight is 213 g/mol. The summed E-state index contributed by atoms with van der Waals surface area (Å²) in [6.45, 7) is 2.00. The Kier molecular flexibility index (Phi) is 2.48. The zero-order valence-electron chi connectivity index (χ0n) is 8.81. The lowest BCUT2D eigenvalue weighted by Gasteiger charge is -2.05. The van der Waals surface area contributed by atoms with Crippen LogP contribution in [0.3, 0.4) is 0 Å². The van der Waals surface area contributed by atoms with E-state index in [1.54, 1.807) is 6.20 Å². The molecule has 0 atom stereocenters. The normalized spacial score (nSPS) is 9.75. The second-order valence-electron chi connectivity index (χ2n) is 3.47. The minimum Gasteiger partial charge on any atom is -0.381 e. The quantitative estimate of drug-likeness (QED) is 0.792. The first-order valence-corrected chi connectivity index (χ1v) is 4.78. The number of nitrogens with one attached hydrogen (secondary N) is 1. The smallest absolute Gasteiger partial charge is 0.165 e. The van der Waals surface area contributed by atoms with Crippen molar-refractivity contribution in [1.29, 1.82) is 5.26 Å². The fourth-order valence-corrected chi connectivity index (χ4v) is 1.38. The summed E-state index contributed by atoms with van der Waals surface area (Å²) in [4.78, 5) is 1.43. The minimum atomic E-state index is 0.225. The first-order chi connectivity index (χ1) is 7.69. The van der Waals surface area contributed by atoms with Gasteiger partial charge in [0, 0.05) is 0 Å². The van der Waals surface area contributed by atoms with Gasteiger partial charge in [0.25, 0.3) is 0 Å². The van der Waals surface area contributed by atoms with Gasteiger partial charge >= 0.3 is 0 Å². The maximum Gasteiger partial charge on any atom is 0.165 e. The summed E-state index contributed by atoms with van der Waals surface area (Å²) in [6, 6.07) is 9.80. The van der Waals surface area contributed by atoms with Crippen molar-refractivity contribution in [3.63, 3.8) is 0 Å². The number of aryl methyl sites for hydroxylation is 1. The molecule has 0 unspecified atom stereocenters. The van der Waals surface area contributed by atoms with Crippen molar-refractivity contribution in [3.05, 3.63) is 41.6 Å². The summed E-state index contributed by atoms with van der Waals surface area (Å²) in [7, 11) is 0. The van der Waals surface area contributed by atoms with Gasteiger partial charge in [-0.15, -0.1) is 5.10 Å². The van der Waals surface area contributed by atoms with E-state index in [4.69, 9.17) is 11.0 Å². The number of anilines is 2. The van der Waals surface area contributed by atoms with Crippen LogP contribution in [0.1, 0.15) is 11.1 Å². The number of hydrogen-bond donors (Lipinski definition) is 2.